The number of halogens is 4. The number of nitriles is 1. The molecule has 0 spiro atoms. The van der Waals surface area contributed by atoms with Crippen LogP contribution in [-0.4, -0.2) is 30.9 Å². The number of benzene rings is 2. The number of hydrogen-bond acceptors (Lipinski definition) is 6. The van der Waals surface area contributed by atoms with Gasteiger partial charge in [-0.05, 0) is 48.5 Å². The van der Waals surface area contributed by atoms with E-state index in [4.69, 9.17) is 21.1 Å². The number of amides is 1. The van der Waals surface area contributed by atoms with Gasteiger partial charge >= 0.3 is 6.18 Å². The molecular weight excluding hydrogens is 491 g/mol. The lowest BCUT2D eigenvalue weighted by Crippen LogP contribution is -2.15. The van der Waals surface area contributed by atoms with Gasteiger partial charge in [0, 0.05) is 11.3 Å². The largest absolute Gasteiger partial charge is 0.493 e. The Morgan fingerprint density at radius 3 is 2.50 bits per heavy atom. The zero-order valence-electron chi connectivity index (χ0n) is 17.9. The summed E-state index contributed by atoms with van der Waals surface area (Å²) in [5.41, 5.74) is 0.406. The number of methoxy groups -OCH3 is 2. The van der Waals surface area contributed by atoms with Crippen molar-refractivity contribution in [3.8, 4) is 28.8 Å². The van der Waals surface area contributed by atoms with Gasteiger partial charge in [-0.15, -0.1) is 0 Å². The molecule has 3 aromatic rings. The van der Waals surface area contributed by atoms with Crippen molar-refractivity contribution in [2.24, 2.45) is 0 Å². The van der Waals surface area contributed by atoms with Crippen molar-refractivity contribution in [2.45, 2.75) is 11.2 Å². The summed E-state index contributed by atoms with van der Waals surface area (Å²) in [5.74, 6) is 0.298. The first kappa shape index (κ1) is 25.2. The van der Waals surface area contributed by atoms with E-state index in [0.29, 0.717) is 27.8 Å². The highest BCUT2D eigenvalue weighted by Crippen LogP contribution is 2.36. The number of nitrogens with zero attached hydrogens (tertiary/aromatic N) is 2. The fraction of sp³-hybridized carbons (Fsp3) is 0.174. The van der Waals surface area contributed by atoms with Crippen LogP contribution in [0.4, 0.5) is 18.9 Å². The third kappa shape index (κ3) is 5.92. The number of rotatable bonds is 7. The van der Waals surface area contributed by atoms with Gasteiger partial charge in [0.15, 0.2) is 11.5 Å². The molecule has 0 fully saturated rings. The topological polar surface area (TPSA) is 84.2 Å². The number of ether oxygens (including phenoxy) is 2. The number of nitrogens with one attached hydrogen (secondary N) is 1. The quantitative estimate of drug-likeness (QED) is 0.392. The van der Waals surface area contributed by atoms with Crippen LogP contribution in [0.5, 0.6) is 11.5 Å². The molecule has 11 heteroatoms. The van der Waals surface area contributed by atoms with E-state index < -0.39 is 22.7 Å². The molecule has 176 valence electrons. The van der Waals surface area contributed by atoms with Crippen molar-refractivity contribution >= 4 is 35.0 Å². The van der Waals surface area contributed by atoms with E-state index in [1.54, 1.807) is 30.3 Å². The predicted molar refractivity (Wildman–Crippen MR) is 123 cm³/mol. The number of anilines is 1. The average Bonchev–Trinajstić information content (AvgIpc) is 2.82. The van der Waals surface area contributed by atoms with Crippen molar-refractivity contribution in [3.63, 3.8) is 0 Å². The highest BCUT2D eigenvalue weighted by atomic mass is 35.5. The van der Waals surface area contributed by atoms with Gasteiger partial charge in [-0.1, -0.05) is 23.4 Å². The van der Waals surface area contributed by atoms with E-state index in [-0.39, 0.29) is 17.0 Å². The molecule has 1 amide bonds. The maximum atomic E-state index is 13.0. The molecular formula is C23H17ClF3N3O3S. The van der Waals surface area contributed by atoms with E-state index in [9.17, 15) is 23.2 Å². The van der Waals surface area contributed by atoms with E-state index >= 15 is 0 Å². The maximum absolute atomic E-state index is 13.0. The van der Waals surface area contributed by atoms with Gasteiger partial charge in [-0.25, -0.2) is 4.98 Å². The molecule has 0 bridgehead atoms. The summed E-state index contributed by atoms with van der Waals surface area (Å²) in [6, 6.07) is 13.6. The lowest BCUT2D eigenvalue weighted by atomic mass is 10.1. The average molecular weight is 508 g/mol. The first-order chi connectivity index (χ1) is 16.2. The van der Waals surface area contributed by atoms with Crippen LogP contribution in [0.1, 0.15) is 11.1 Å². The van der Waals surface area contributed by atoms with Gasteiger partial charge in [0.05, 0.1) is 41.8 Å². The third-order valence-corrected chi connectivity index (χ3v) is 5.88. The molecule has 0 aliphatic rings. The van der Waals surface area contributed by atoms with E-state index in [0.717, 1.165) is 23.9 Å². The fourth-order valence-electron chi connectivity index (χ4n) is 2.94. The summed E-state index contributed by atoms with van der Waals surface area (Å²) >= 11 is 6.59. The Hall–Kier alpha value is -3.42. The molecule has 2 aromatic carbocycles. The minimum Gasteiger partial charge on any atom is -0.493 e. The molecule has 0 unspecified atom stereocenters. The summed E-state index contributed by atoms with van der Waals surface area (Å²) < 4.78 is 49.6. The van der Waals surface area contributed by atoms with Crippen LogP contribution in [0.25, 0.3) is 11.3 Å². The lowest BCUT2D eigenvalue weighted by molar-refractivity contribution is -0.137. The molecule has 0 saturated carbocycles. The minimum atomic E-state index is -4.65. The first-order valence-electron chi connectivity index (χ1n) is 9.59. The standard InChI is InChI=1S/C23H17ClF3N3O3S/c1-32-19-8-4-13(9-20(19)33-2)18-7-3-14(11-28)22(30-18)34-12-21(31)29-15-5-6-17(24)16(10-15)23(25,26)27/h3-10H,12H2,1-2H3,(H,29,31). The van der Waals surface area contributed by atoms with Crippen molar-refractivity contribution in [1.29, 1.82) is 5.26 Å². The number of aromatic nitrogens is 1. The lowest BCUT2D eigenvalue weighted by Gasteiger charge is -2.12. The second-order valence-corrected chi connectivity index (χ2v) is 8.13. The second-order valence-electron chi connectivity index (χ2n) is 6.76. The molecule has 1 N–H and O–H groups in total. The maximum Gasteiger partial charge on any atom is 0.417 e. The van der Waals surface area contributed by atoms with Crippen LogP contribution in [0.2, 0.25) is 5.02 Å². The smallest absolute Gasteiger partial charge is 0.417 e. The fourth-order valence-corrected chi connectivity index (χ4v) is 3.94. The van der Waals surface area contributed by atoms with E-state index in [1.807, 2.05) is 6.07 Å². The van der Waals surface area contributed by atoms with Crippen molar-refractivity contribution < 1.29 is 27.4 Å². The molecule has 1 aromatic heterocycles. The molecule has 1 heterocycles. The van der Waals surface area contributed by atoms with Crippen LogP contribution in [-0.2, 0) is 11.0 Å². The van der Waals surface area contributed by atoms with Crippen LogP contribution >= 0.6 is 23.4 Å². The second kappa shape index (κ2) is 10.7. The predicted octanol–water partition coefficient (Wildman–Crippen LogP) is 6.04. The number of thioether (sulfide) groups is 1. The van der Waals surface area contributed by atoms with Crippen LogP contribution in [0.15, 0.2) is 53.6 Å². The van der Waals surface area contributed by atoms with E-state index in [2.05, 4.69) is 10.3 Å². The zero-order valence-corrected chi connectivity index (χ0v) is 19.4. The monoisotopic (exact) mass is 507 g/mol. The first-order valence-corrected chi connectivity index (χ1v) is 11.0. The van der Waals surface area contributed by atoms with Crippen LogP contribution < -0.4 is 14.8 Å². The van der Waals surface area contributed by atoms with Crippen LogP contribution in [0.3, 0.4) is 0 Å². The van der Waals surface area contributed by atoms with Gasteiger partial charge in [0.1, 0.15) is 11.1 Å². The van der Waals surface area contributed by atoms with Gasteiger partial charge in [-0.3, -0.25) is 4.79 Å². The Morgan fingerprint density at radius 2 is 1.85 bits per heavy atom. The summed E-state index contributed by atoms with van der Waals surface area (Å²) in [6.45, 7) is 0. The summed E-state index contributed by atoms with van der Waals surface area (Å²) in [5, 5.41) is 11.6. The Kier molecular flexibility index (Phi) is 7.91. The molecule has 6 nitrogen and oxygen atoms in total. The van der Waals surface area contributed by atoms with Crippen molar-refractivity contribution in [2.75, 3.05) is 25.3 Å². The summed E-state index contributed by atoms with van der Waals surface area (Å²) in [6.07, 6.45) is -4.65. The van der Waals surface area contributed by atoms with E-state index in [1.165, 1.54) is 20.3 Å². The normalized spacial score (nSPS) is 11.0. The van der Waals surface area contributed by atoms with Crippen molar-refractivity contribution in [1.82, 2.24) is 4.98 Å². The highest BCUT2D eigenvalue weighted by Gasteiger charge is 2.33. The number of carbonyl (C=O) groups is 1. The number of pyridine rings is 1. The van der Waals surface area contributed by atoms with Crippen LogP contribution in [0, 0.1) is 11.3 Å². The Morgan fingerprint density at radius 1 is 1.12 bits per heavy atom. The molecule has 3 rings (SSSR count). The van der Waals surface area contributed by atoms with Gasteiger partial charge in [0.25, 0.3) is 0 Å². The van der Waals surface area contributed by atoms with Gasteiger partial charge < -0.3 is 14.8 Å². The molecule has 0 saturated heterocycles. The Balaban J connectivity index is 1.77. The summed E-state index contributed by atoms with van der Waals surface area (Å²) in [7, 11) is 3.03. The molecule has 0 radical (unpaired) electrons. The molecule has 34 heavy (non-hydrogen) atoms. The summed E-state index contributed by atoms with van der Waals surface area (Å²) in [4.78, 5) is 16.8. The molecule has 0 atom stereocenters. The number of carbonyl (C=O) groups excluding carboxylic acids is 1. The van der Waals surface area contributed by atoms with Gasteiger partial charge in [0.2, 0.25) is 5.91 Å². The molecule has 0 aliphatic carbocycles. The van der Waals surface area contributed by atoms with Gasteiger partial charge in [-0.2, -0.15) is 18.4 Å². The minimum absolute atomic E-state index is 0.0464. The Bertz CT molecular complexity index is 1260. The third-order valence-electron chi connectivity index (χ3n) is 4.56. The highest BCUT2D eigenvalue weighted by molar-refractivity contribution is 8.00. The zero-order chi connectivity index (χ0) is 24.9. The number of alkyl halides is 3. The van der Waals surface area contributed by atoms with Crippen molar-refractivity contribution in [3.05, 3.63) is 64.7 Å². The number of hydrogen-bond donors (Lipinski definition) is 1. The molecule has 0 aliphatic heterocycles. The SMILES string of the molecule is COc1ccc(-c2ccc(C#N)c(SCC(=O)Nc3ccc(Cl)c(C(F)(F)F)c3)n2)cc1OC. The Labute approximate surface area is 202 Å².